The summed E-state index contributed by atoms with van der Waals surface area (Å²) in [6.45, 7) is 11.4. The van der Waals surface area contributed by atoms with Crippen molar-refractivity contribution >= 4 is 17.3 Å². The number of nitrogens with two attached hydrogens (primary N) is 2. The number of ether oxygens (including phenoxy) is 2. The third-order valence-corrected chi connectivity index (χ3v) is 16.2. The summed E-state index contributed by atoms with van der Waals surface area (Å²) in [7, 11) is 0. The van der Waals surface area contributed by atoms with Crippen LogP contribution in [0.3, 0.4) is 0 Å². The molecule has 5 rings (SSSR count). The largest absolute Gasteiger partial charge is 0.466 e. The number of unbranched alkanes of at least 4 members (excludes halogenated alkanes) is 15. The highest BCUT2D eigenvalue weighted by atomic mass is 16.5. The summed E-state index contributed by atoms with van der Waals surface area (Å²) in [5.74, 6) is 4.78. The number of esters is 1. The number of hydrogen-bond donors (Lipinski definition) is 2. The molecular formula is C50H86N2O3. The molecule has 0 spiro atoms. The van der Waals surface area contributed by atoms with Gasteiger partial charge in [-0.3, -0.25) is 4.79 Å². The zero-order valence-electron chi connectivity index (χ0n) is 36.4. The third kappa shape index (κ3) is 12.6. The number of hydrogen-bond acceptors (Lipinski definition) is 5. The number of fused-ring (bicyclic) bond motifs is 5. The fourth-order valence-corrected chi connectivity index (χ4v) is 13.0. The summed E-state index contributed by atoms with van der Waals surface area (Å²) in [6, 6.07) is 5.88. The molecule has 0 bridgehead atoms. The smallest absolute Gasteiger partial charge is 0.305 e. The molecule has 55 heavy (non-hydrogen) atoms. The van der Waals surface area contributed by atoms with Crippen LogP contribution in [-0.2, 0) is 20.7 Å². The Balaban J connectivity index is 0.921. The van der Waals surface area contributed by atoms with Gasteiger partial charge in [0.1, 0.15) is 0 Å². The maximum Gasteiger partial charge on any atom is 0.305 e. The Morgan fingerprint density at radius 2 is 1.29 bits per heavy atom. The molecule has 9 atom stereocenters. The summed E-state index contributed by atoms with van der Waals surface area (Å²) in [6.07, 6.45) is 36.8. The molecule has 314 valence electrons. The van der Waals surface area contributed by atoms with Crippen LogP contribution in [0.2, 0.25) is 0 Å². The second-order valence-electron chi connectivity index (χ2n) is 20.0. The molecule has 3 unspecified atom stereocenters. The van der Waals surface area contributed by atoms with E-state index in [1.165, 1.54) is 160 Å². The first-order chi connectivity index (χ1) is 26.6. The molecule has 0 aromatic heterocycles. The molecule has 4 fully saturated rings. The molecule has 0 saturated heterocycles. The highest BCUT2D eigenvalue weighted by molar-refractivity contribution is 5.69. The molecule has 0 aliphatic heterocycles. The molecule has 0 amide bonds. The lowest BCUT2D eigenvalue weighted by Crippen LogP contribution is -2.54. The molecule has 5 heteroatoms. The zero-order valence-corrected chi connectivity index (χ0v) is 36.4. The summed E-state index contributed by atoms with van der Waals surface area (Å²) in [5, 5.41) is 0. The number of anilines is 2. The van der Waals surface area contributed by atoms with Crippen LogP contribution >= 0.6 is 0 Å². The van der Waals surface area contributed by atoms with E-state index in [1.54, 1.807) is 0 Å². The Morgan fingerprint density at radius 1 is 0.709 bits per heavy atom. The Morgan fingerprint density at radius 3 is 1.93 bits per heavy atom. The molecule has 4 aliphatic rings. The van der Waals surface area contributed by atoms with Gasteiger partial charge in [-0.25, -0.2) is 0 Å². The molecule has 5 nitrogen and oxygen atoms in total. The van der Waals surface area contributed by atoms with Crippen LogP contribution in [0.4, 0.5) is 11.4 Å². The van der Waals surface area contributed by atoms with E-state index in [1.807, 2.05) is 18.2 Å². The van der Waals surface area contributed by atoms with Gasteiger partial charge in [-0.05, 0) is 147 Å². The average Bonchev–Trinajstić information content (AvgIpc) is 3.52. The number of benzene rings is 1. The number of nitrogen functional groups attached to an aromatic ring is 2. The number of carbonyl (C=O) groups is 1. The predicted octanol–water partition coefficient (Wildman–Crippen LogP) is 13.7. The lowest BCUT2D eigenvalue weighted by molar-refractivity contribution is -0.145. The fourth-order valence-electron chi connectivity index (χ4n) is 13.0. The molecule has 4 saturated carbocycles. The van der Waals surface area contributed by atoms with Crippen LogP contribution in [0.1, 0.15) is 207 Å². The van der Waals surface area contributed by atoms with E-state index in [0.29, 0.717) is 35.9 Å². The van der Waals surface area contributed by atoms with Crippen LogP contribution < -0.4 is 11.5 Å². The van der Waals surface area contributed by atoms with Crippen molar-refractivity contribution in [1.29, 1.82) is 0 Å². The van der Waals surface area contributed by atoms with Gasteiger partial charge in [0.05, 0.1) is 19.3 Å². The van der Waals surface area contributed by atoms with Crippen LogP contribution in [0.15, 0.2) is 18.2 Å². The van der Waals surface area contributed by atoms with Crippen molar-refractivity contribution in [2.75, 3.05) is 24.7 Å². The van der Waals surface area contributed by atoms with E-state index in [0.717, 1.165) is 66.8 Å². The minimum absolute atomic E-state index is 0.0384. The molecular weight excluding hydrogens is 677 g/mol. The van der Waals surface area contributed by atoms with Crippen molar-refractivity contribution < 1.29 is 14.3 Å². The van der Waals surface area contributed by atoms with E-state index in [2.05, 4.69) is 27.7 Å². The van der Waals surface area contributed by atoms with E-state index in [9.17, 15) is 4.79 Å². The summed E-state index contributed by atoms with van der Waals surface area (Å²) >= 11 is 0. The van der Waals surface area contributed by atoms with Crippen LogP contribution in [0.25, 0.3) is 0 Å². The van der Waals surface area contributed by atoms with Crippen molar-refractivity contribution in [1.82, 2.24) is 0 Å². The number of rotatable bonds is 25. The minimum Gasteiger partial charge on any atom is -0.466 e. The van der Waals surface area contributed by atoms with E-state index in [-0.39, 0.29) is 5.97 Å². The van der Waals surface area contributed by atoms with Crippen LogP contribution in [0, 0.1) is 46.3 Å². The molecule has 4 N–H and O–H groups in total. The van der Waals surface area contributed by atoms with Crippen molar-refractivity contribution in [3.05, 3.63) is 23.8 Å². The molecule has 1 aromatic rings. The van der Waals surface area contributed by atoms with Crippen molar-refractivity contribution in [2.45, 2.75) is 214 Å². The van der Waals surface area contributed by atoms with Crippen LogP contribution in [0.5, 0.6) is 0 Å². The van der Waals surface area contributed by atoms with Gasteiger partial charge in [0, 0.05) is 17.8 Å². The minimum atomic E-state index is 0.0384. The van der Waals surface area contributed by atoms with Gasteiger partial charge < -0.3 is 20.9 Å². The molecule has 0 heterocycles. The quantitative estimate of drug-likeness (QED) is 0.0588. The van der Waals surface area contributed by atoms with Gasteiger partial charge in [0.25, 0.3) is 0 Å². The second-order valence-corrected chi connectivity index (χ2v) is 20.0. The lowest BCUT2D eigenvalue weighted by atomic mass is 9.44. The highest BCUT2D eigenvalue weighted by Crippen LogP contribution is 2.68. The normalized spacial score (nSPS) is 30.7. The summed E-state index contributed by atoms with van der Waals surface area (Å²) in [5.41, 5.74) is 15.6. The van der Waals surface area contributed by atoms with Gasteiger partial charge >= 0.3 is 5.97 Å². The van der Waals surface area contributed by atoms with Gasteiger partial charge in [0.15, 0.2) is 0 Å². The Kier molecular flexibility index (Phi) is 18.1. The monoisotopic (exact) mass is 763 g/mol. The third-order valence-electron chi connectivity index (χ3n) is 16.2. The van der Waals surface area contributed by atoms with Gasteiger partial charge in [0.2, 0.25) is 0 Å². The molecule has 1 aromatic carbocycles. The average molecular weight is 763 g/mol. The summed E-state index contributed by atoms with van der Waals surface area (Å²) < 4.78 is 12.3. The first kappa shape index (κ1) is 44.4. The van der Waals surface area contributed by atoms with E-state index in [4.69, 9.17) is 20.9 Å². The second kappa shape index (κ2) is 22.4. The summed E-state index contributed by atoms with van der Waals surface area (Å²) in [4.78, 5) is 12.8. The zero-order chi connectivity index (χ0) is 39.1. The van der Waals surface area contributed by atoms with E-state index >= 15 is 0 Å². The Hall–Kier alpha value is -1.75. The maximum absolute atomic E-state index is 12.8. The first-order valence-electron chi connectivity index (χ1n) is 24.1. The Bertz CT molecular complexity index is 1250. The Labute approximate surface area is 339 Å². The van der Waals surface area contributed by atoms with Gasteiger partial charge in [-0.1, -0.05) is 124 Å². The standard InChI is InChI=1S/C50H86N2O3/c1-5-6-7-8-9-10-11-12-13-14-15-16-17-18-19-20-32-55-48(53)26-21-38(2)45-24-25-46-44-23-22-40-36-43(54-33-29-39-34-41(51)37-42(52)35-39)27-30-49(40,3)47(44)28-31-50(45,46)4/h34-35,37-38,40,43-47H,5-33,36,51-52H2,1-4H3/t38?,40?,43?,44-,45+,46-,47-,49-,50+/m0/s1. The predicted molar refractivity (Wildman–Crippen MR) is 233 cm³/mol. The first-order valence-corrected chi connectivity index (χ1v) is 24.1. The van der Waals surface area contributed by atoms with Crippen molar-refractivity contribution in [3.63, 3.8) is 0 Å². The molecule has 0 radical (unpaired) electrons. The van der Waals surface area contributed by atoms with Gasteiger partial charge in [-0.2, -0.15) is 0 Å². The van der Waals surface area contributed by atoms with Crippen LogP contribution in [-0.4, -0.2) is 25.3 Å². The number of carbonyl (C=O) groups excluding carboxylic acids is 1. The topological polar surface area (TPSA) is 87.6 Å². The fraction of sp³-hybridized carbons (Fsp3) is 0.860. The highest BCUT2D eigenvalue weighted by Gasteiger charge is 2.60. The lowest BCUT2D eigenvalue weighted by Gasteiger charge is -2.61. The van der Waals surface area contributed by atoms with E-state index < -0.39 is 0 Å². The molecule has 4 aliphatic carbocycles. The SMILES string of the molecule is CCCCCCCCCCCCCCCCCCOC(=O)CCC(C)[C@H]1CC[C@H]2[C@@H]3CCC4CC(OCCc5cc(N)cc(N)c5)CC[C@]4(C)[C@H]3CC[C@]12C. The van der Waals surface area contributed by atoms with Crippen molar-refractivity contribution in [3.8, 4) is 0 Å². The maximum atomic E-state index is 12.8. The van der Waals surface area contributed by atoms with Gasteiger partial charge in [-0.15, -0.1) is 0 Å². The van der Waals surface area contributed by atoms with Crippen molar-refractivity contribution in [2.24, 2.45) is 46.3 Å².